The first kappa shape index (κ1) is 12.6. The molecule has 0 aliphatic heterocycles. The Labute approximate surface area is 103 Å². The van der Waals surface area contributed by atoms with Crippen molar-refractivity contribution in [2.75, 3.05) is 7.11 Å². The number of nitrogens with zero attached hydrogens (tertiary/aromatic N) is 1. The number of ether oxygens (including phenoxy) is 1. The van der Waals surface area contributed by atoms with E-state index in [-0.39, 0.29) is 23.6 Å². The Morgan fingerprint density at radius 1 is 1.56 bits per heavy atom. The minimum absolute atomic E-state index is 0.000190. The number of amides is 1. The summed E-state index contributed by atoms with van der Waals surface area (Å²) in [4.78, 5) is 22.4. The molecule has 1 saturated carbocycles. The number of carboxylic acid groups (broad SMARTS) is 1. The van der Waals surface area contributed by atoms with E-state index in [0.717, 1.165) is 25.3 Å². The van der Waals surface area contributed by atoms with Crippen LogP contribution >= 0.6 is 0 Å². The average Bonchev–Trinajstić information content (AvgIpc) is 2.96. The fourth-order valence-corrected chi connectivity index (χ4v) is 2.10. The van der Waals surface area contributed by atoms with Crippen LogP contribution in [0.3, 0.4) is 0 Å². The number of hydrogen-bond donors (Lipinski definition) is 2. The molecular weight excluding hydrogens is 240 g/mol. The number of aromatic nitrogens is 1. The highest BCUT2D eigenvalue weighted by Crippen LogP contribution is 2.21. The summed E-state index contributed by atoms with van der Waals surface area (Å²) in [7, 11) is 1.60. The van der Waals surface area contributed by atoms with Crippen molar-refractivity contribution in [2.24, 2.45) is 0 Å². The van der Waals surface area contributed by atoms with Gasteiger partial charge in [0.15, 0.2) is 5.69 Å². The summed E-state index contributed by atoms with van der Waals surface area (Å²) >= 11 is 0. The Morgan fingerprint density at radius 3 is 2.94 bits per heavy atom. The molecule has 2 rings (SSSR count). The van der Waals surface area contributed by atoms with E-state index in [9.17, 15) is 9.59 Å². The SMILES string of the molecule is COC1CCCC1NC(=O)c1cc(C(=O)O)on1. The second-order valence-corrected chi connectivity index (χ2v) is 4.17. The fraction of sp³-hybridized carbons (Fsp3) is 0.545. The molecule has 7 heteroatoms. The third-order valence-electron chi connectivity index (χ3n) is 3.03. The Kier molecular flexibility index (Phi) is 3.61. The first-order chi connectivity index (χ1) is 8.61. The van der Waals surface area contributed by atoms with Gasteiger partial charge in [-0.15, -0.1) is 0 Å². The van der Waals surface area contributed by atoms with Crippen LogP contribution < -0.4 is 5.32 Å². The van der Waals surface area contributed by atoms with Gasteiger partial charge in [-0.3, -0.25) is 4.79 Å². The summed E-state index contributed by atoms with van der Waals surface area (Å²) < 4.78 is 9.77. The second kappa shape index (κ2) is 5.18. The Hall–Kier alpha value is -1.89. The molecule has 2 unspecified atom stereocenters. The molecule has 98 valence electrons. The van der Waals surface area contributed by atoms with Crippen molar-refractivity contribution in [3.8, 4) is 0 Å². The van der Waals surface area contributed by atoms with Crippen LogP contribution in [0.25, 0.3) is 0 Å². The summed E-state index contributed by atoms with van der Waals surface area (Å²) in [5.74, 6) is -2.05. The molecule has 1 amide bonds. The third kappa shape index (κ3) is 2.51. The summed E-state index contributed by atoms with van der Waals surface area (Å²) in [6.45, 7) is 0. The van der Waals surface area contributed by atoms with Gasteiger partial charge in [0, 0.05) is 13.2 Å². The lowest BCUT2D eigenvalue weighted by molar-refractivity contribution is 0.0649. The molecule has 0 saturated heterocycles. The van der Waals surface area contributed by atoms with Gasteiger partial charge >= 0.3 is 5.97 Å². The van der Waals surface area contributed by atoms with E-state index in [0.29, 0.717) is 0 Å². The number of hydrogen-bond acceptors (Lipinski definition) is 5. The predicted octanol–water partition coefficient (Wildman–Crippen LogP) is 0.670. The fourth-order valence-electron chi connectivity index (χ4n) is 2.10. The molecule has 0 radical (unpaired) electrons. The number of nitrogens with one attached hydrogen (secondary N) is 1. The number of aromatic carboxylic acids is 1. The molecule has 0 spiro atoms. The average molecular weight is 254 g/mol. The van der Waals surface area contributed by atoms with E-state index in [1.54, 1.807) is 7.11 Å². The maximum atomic E-state index is 11.8. The van der Waals surface area contributed by atoms with Crippen molar-refractivity contribution in [1.29, 1.82) is 0 Å². The highest BCUT2D eigenvalue weighted by atomic mass is 16.5. The molecule has 2 N–H and O–H groups in total. The van der Waals surface area contributed by atoms with Gasteiger partial charge in [-0.25, -0.2) is 4.79 Å². The van der Waals surface area contributed by atoms with Gasteiger partial charge in [-0.1, -0.05) is 5.16 Å². The van der Waals surface area contributed by atoms with E-state index >= 15 is 0 Å². The maximum absolute atomic E-state index is 11.8. The highest BCUT2D eigenvalue weighted by molar-refractivity contribution is 5.95. The topological polar surface area (TPSA) is 102 Å². The third-order valence-corrected chi connectivity index (χ3v) is 3.03. The normalized spacial score (nSPS) is 22.9. The summed E-state index contributed by atoms with van der Waals surface area (Å²) in [5.41, 5.74) is -0.0332. The van der Waals surface area contributed by atoms with Crippen LogP contribution in [0.15, 0.2) is 10.6 Å². The minimum Gasteiger partial charge on any atom is -0.475 e. The molecule has 1 aromatic rings. The van der Waals surface area contributed by atoms with Crippen molar-refractivity contribution < 1.29 is 24.0 Å². The Balaban J connectivity index is 2.00. The quantitative estimate of drug-likeness (QED) is 0.818. The van der Waals surface area contributed by atoms with E-state index in [4.69, 9.17) is 9.84 Å². The lowest BCUT2D eigenvalue weighted by Crippen LogP contribution is -2.40. The molecular formula is C11H14N2O5. The van der Waals surface area contributed by atoms with Gasteiger partial charge in [0.2, 0.25) is 5.76 Å². The van der Waals surface area contributed by atoms with Gasteiger partial charge in [0.05, 0.1) is 12.1 Å². The summed E-state index contributed by atoms with van der Waals surface area (Å²) in [5, 5.41) is 14.8. The highest BCUT2D eigenvalue weighted by Gasteiger charge is 2.29. The lowest BCUT2D eigenvalue weighted by Gasteiger charge is -2.18. The van der Waals surface area contributed by atoms with Gasteiger partial charge in [-0.05, 0) is 19.3 Å². The minimum atomic E-state index is -1.25. The van der Waals surface area contributed by atoms with Gasteiger partial charge in [0.1, 0.15) is 0 Å². The zero-order valence-corrected chi connectivity index (χ0v) is 9.88. The molecule has 1 aromatic heterocycles. The second-order valence-electron chi connectivity index (χ2n) is 4.17. The van der Waals surface area contributed by atoms with Crippen LogP contribution in [0.2, 0.25) is 0 Å². The van der Waals surface area contributed by atoms with Crippen molar-refractivity contribution >= 4 is 11.9 Å². The molecule has 18 heavy (non-hydrogen) atoms. The molecule has 1 aliphatic rings. The van der Waals surface area contributed by atoms with Crippen LogP contribution in [0, 0.1) is 0 Å². The number of carbonyl (C=O) groups is 2. The van der Waals surface area contributed by atoms with Crippen LogP contribution in [0.4, 0.5) is 0 Å². The molecule has 0 aromatic carbocycles. The first-order valence-electron chi connectivity index (χ1n) is 5.65. The van der Waals surface area contributed by atoms with Crippen molar-refractivity contribution in [1.82, 2.24) is 10.5 Å². The standard InChI is InChI=1S/C11H14N2O5/c1-17-8-4-2-3-6(8)12-10(14)7-5-9(11(15)16)18-13-7/h5-6,8H,2-4H2,1H3,(H,12,14)(H,15,16). The molecule has 2 atom stereocenters. The monoisotopic (exact) mass is 254 g/mol. The first-order valence-corrected chi connectivity index (χ1v) is 5.65. The number of methoxy groups -OCH3 is 1. The zero-order chi connectivity index (χ0) is 13.1. The number of carboxylic acids is 1. The zero-order valence-electron chi connectivity index (χ0n) is 9.88. The van der Waals surface area contributed by atoms with Crippen molar-refractivity contribution in [3.05, 3.63) is 17.5 Å². The van der Waals surface area contributed by atoms with Crippen LogP contribution in [-0.4, -0.2) is 41.4 Å². The van der Waals surface area contributed by atoms with E-state index in [1.807, 2.05) is 0 Å². The van der Waals surface area contributed by atoms with Gasteiger partial charge < -0.3 is 19.7 Å². The van der Waals surface area contributed by atoms with Crippen molar-refractivity contribution in [2.45, 2.75) is 31.4 Å². The smallest absolute Gasteiger partial charge is 0.374 e. The maximum Gasteiger partial charge on any atom is 0.374 e. The van der Waals surface area contributed by atoms with Crippen LogP contribution in [0.1, 0.15) is 40.3 Å². The lowest BCUT2D eigenvalue weighted by atomic mass is 10.2. The Morgan fingerprint density at radius 2 is 2.33 bits per heavy atom. The van der Waals surface area contributed by atoms with Gasteiger partial charge in [0.25, 0.3) is 5.91 Å². The van der Waals surface area contributed by atoms with Gasteiger partial charge in [-0.2, -0.15) is 0 Å². The van der Waals surface area contributed by atoms with E-state index in [2.05, 4.69) is 15.0 Å². The van der Waals surface area contributed by atoms with Crippen molar-refractivity contribution in [3.63, 3.8) is 0 Å². The summed E-state index contributed by atoms with van der Waals surface area (Å²) in [6, 6.07) is 1.04. The Bertz CT molecular complexity index is 456. The number of rotatable bonds is 4. The molecule has 1 aliphatic carbocycles. The predicted molar refractivity (Wildman–Crippen MR) is 59.4 cm³/mol. The molecule has 0 bridgehead atoms. The van der Waals surface area contributed by atoms with Crippen LogP contribution in [0.5, 0.6) is 0 Å². The number of carbonyl (C=O) groups excluding carboxylic acids is 1. The largest absolute Gasteiger partial charge is 0.475 e. The molecule has 7 nitrogen and oxygen atoms in total. The van der Waals surface area contributed by atoms with E-state index in [1.165, 1.54) is 0 Å². The van der Waals surface area contributed by atoms with Crippen LogP contribution in [-0.2, 0) is 4.74 Å². The van der Waals surface area contributed by atoms with E-state index < -0.39 is 11.9 Å². The molecule has 1 heterocycles. The summed E-state index contributed by atoms with van der Waals surface area (Å²) in [6.07, 6.45) is 2.73. The molecule has 1 fully saturated rings.